The van der Waals surface area contributed by atoms with Gasteiger partial charge in [0.15, 0.2) is 0 Å². The van der Waals surface area contributed by atoms with Gasteiger partial charge in [0.05, 0.1) is 11.8 Å². The van der Waals surface area contributed by atoms with Gasteiger partial charge in [-0.3, -0.25) is 4.79 Å². The summed E-state index contributed by atoms with van der Waals surface area (Å²) in [5, 5.41) is 4.27. The summed E-state index contributed by atoms with van der Waals surface area (Å²) >= 11 is 13.5. The van der Waals surface area contributed by atoms with E-state index in [9.17, 15) is 4.79 Å². The van der Waals surface area contributed by atoms with E-state index in [1.807, 2.05) is 38.1 Å². The number of aryl methyl sites for hydroxylation is 1. The van der Waals surface area contributed by atoms with Gasteiger partial charge in [-0.05, 0) is 37.1 Å². The Morgan fingerprint density at radius 2 is 1.87 bits per heavy atom. The molecule has 5 heteroatoms. The lowest BCUT2D eigenvalue weighted by Crippen LogP contribution is -2.28. The molecule has 0 aliphatic heterocycles. The smallest absolute Gasteiger partial charge is 0.230 e. The van der Waals surface area contributed by atoms with Crippen LogP contribution in [-0.2, 0) is 10.5 Å². The third-order valence-corrected chi connectivity index (χ3v) is 5.03. The summed E-state index contributed by atoms with van der Waals surface area (Å²) in [6.07, 6.45) is 0. The molecule has 1 N–H and O–H groups in total. The van der Waals surface area contributed by atoms with Crippen molar-refractivity contribution in [1.82, 2.24) is 5.32 Å². The summed E-state index contributed by atoms with van der Waals surface area (Å²) in [6, 6.07) is 13.6. The van der Waals surface area contributed by atoms with E-state index < -0.39 is 0 Å². The molecular weight excluding hydrogens is 349 g/mol. The maximum absolute atomic E-state index is 12.0. The molecule has 1 atom stereocenters. The molecule has 0 saturated heterocycles. The Kier molecular flexibility index (Phi) is 6.82. The molecule has 23 heavy (non-hydrogen) atoms. The van der Waals surface area contributed by atoms with E-state index in [0.29, 0.717) is 21.6 Å². The third kappa shape index (κ3) is 5.76. The van der Waals surface area contributed by atoms with Crippen LogP contribution >= 0.6 is 35.0 Å². The second-order valence-corrected chi connectivity index (χ2v) is 7.26. The lowest BCUT2D eigenvalue weighted by molar-refractivity contribution is -0.119. The molecule has 2 nitrogen and oxygen atoms in total. The van der Waals surface area contributed by atoms with Crippen LogP contribution in [0.15, 0.2) is 42.5 Å². The number of halogens is 2. The lowest BCUT2D eigenvalue weighted by Gasteiger charge is -2.14. The molecule has 0 bridgehead atoms. The molecule has 0 heterocycles. The van der Waals surface area contributed by atoms with Crippen LogP contribution < -0.4 is 5.32 Å². The van der Waals surface area contributed by atoms with Gasteiger partial charge in [0.1, 0.15) is 0 Å². The minimum absolute atomic E-state index is 0.00261. The summed E-state index contributed by atoms with van der Waals surface area (Å²) in [5.74, 6) is 1.10. The van der Waals surface area contributed by atoms with Gasteiger partial charge in [-0.25, -0.2) is 0 Å². The number of nitrogens with one attached hydrogen (secondary N) is 1. The first-order chi connectivity index (χ1) is 11.0. The molecule has 0 saturated carbocycles. The van der Waals surface area contributed by atoms with Crippen molar-refractivity contribution in [2.75, 3.05) is 5.75 Å². The summed E-state index contributed by atoms with van der Waals surface area (Å²) in [4.78, 5) is 12.0. The third-order valence-electron chi connectivity index (χ3n) is 3.46. The molecule has 0 fully saturated rings. The first kappa shape index (κ1) is 18.2. The molecule has 1 unspecified atom stereocenters. The van der Waals surface area contributed by atoms with Crippen molar-refractivity contribution >= 4 is 40.9 Å². The van der Waals surface area contributed by atoms with Crippen LogP contribution in [0.2, 0.25) is 10.0 Å². The van der Waals surface area contributed by atoms with Crippen LogP contribution in [0.25, 0.3) is 0 Å². The highest BCUT2D eigenvalue weighted by atomic mass is 35.5. The Morgan fingerprint density at radius 3 is 2.52 bits per heavy atom. The van der Waals surface area contributed by atoms with E-state index in [2.05, 4.69) is 17.4 Å². The monoisotopic (exact) mass is 367 g/mol. The van der Waals surface area contributed by atoms with Crippen molar-refractivity contribution in [2.24, 2.45) is 0 Å². The van der Waals surface area contributed by atoms with E-state index >= 15 is 0 Å². The summed E-state index contributed by atoms with van der Waals surface area (Å²) in [6.45, 7) is 4.04. The number of carbonyl (C=O) groups is 1. The number of carbonyl (C=O) groups excluding carboxylic acids is 1. The first-order valence-corrected chi connectivity index (χ1v) is 9.24. The highest BCUT2D eigenvalue weighted by Gasteiger charge is 2.10. The molecule has 2 rings (SSSR count). The molecule has 1 amide bonds. The van der Waals surface area contributed by atoms with Crippen molar-refractivity contribution in [3.8, 4) is 0 Å². The fraction of sp³-hybridized carbons (Fsp3) is 0.278. The van der Waals surface area contributed by atoms with Crippen LogP contribution in [0, 0.1) is 6.92 Å². The van der Waals surface area contributed by atoms with E-state index in [1.165, 1.54) is 17.3 Å². The second-order valence-electron chi connectivity index (χ2n) is 5.43. The molecule has 0 aliphatic carbocycles. The number of benzene rings is 2. The Bertz CT molecular complexity index is 673. The molecule has 2 aromatic rings. The zero-order valence-corrected chi connectivity index (χ0v) is 15.4. The van der Waals surface area contributed by atoms with Crippen molar-refractivity contribution in [1.29, 1.82) is 0 Å². The molecule has 0 spiro atoms. The fourth-order valence-corrected chi connectivity index (χ4v) is 3.51. The molecular formula is C18H19Cl2NOS. The maximum atomic E-state index is 12.0. The van der Waals surface area contributed by atoms with Crippen molar-refractivity contribution < 1.29 is 4.79 Å². The average Bonchev–Trinajstić information content (AvgIpc) is 2.50. The first-order valence-electron chi connectivity index (χ1n) is 7.33. The van der Waals surface area contributed by atoms with Gasteiger partial charge < -0.3 is 5.32 Å². The molecule has 0 aromatic heterocycles. The largest absolute Gasteiger partial charge is 0.349 e. The maximum Gasteiger partial charge on any atom is 0.230 e. The molecule has 2 aromatic carbocycles. The highest BCUT2D eigenvalue weighted by Crippen LogP contribution is 2.24. The number of rotatable bonds is 6. The summed E-state index contributed by atoms with van der Waals surface area (Å²) < 4.78 is 0. The Balaban J connectivity index is 1.79. The van der Waals surface area contributed by atoms with Gasteiger partial charge in [-0.1, -0.05) is 59.1 Å². The van der Waals surface area contributed by atoms with Crippen LogP contribution in [0.4, 0.5) is 0 Å². The van der Waals surface area contributed by atoms with E-state index in [0.717, 1.165) is 11.1 Å². The van der Waals surface area contributed by atoms with Gasteiger partial charge >= 0.3 is 0 Å². The van der Waals surface area contributed by atoms with Crippen LogP contribution in [0.3, 0.4) is 0 Å². The summed E-state index contributed by atoms with van der Waals surface area (Å²) in [5.41, 5.74) is 3.30. The highest BCUT2D eigenvalue weighted by molar-refractivity contribution is 7.99. The zero-order chi connectivity index (χ0) is 16.8. The molecule has 0 aliphatic rings. The predicted molar refractivity (Wildman–Crippen MR) is 100 cm³/mol. The minimum atomic E-state index is 0.00261. The quantitative estimate of drug-likeness (QED) is 0.738. The zero-order valence-electron chi connectivity index (χ0n) is 13.1. The lowest BCUT2D eigenvalue weighted by atomic mass is 10.1. The Labute approximate surface area is 151 Å². The topological polar surface area (TPSA) is 29.1 Å². The van der Waals surface area contributed by atoms with Crippen molar-refractivity contribution in [3.05, 3.63) is 69.2 Å². The van der Waals surface area contributed by atoms with Gasteiger partial charge in [0.25, 0.3) is 0 Å². The van der Waals surface area contributed by atoms with Crippen LogP contribution in [0.5, 0.6) is 0 Å². The minimum Gasteiger partial charge on any atom is -0.349 e. The van der Waals surface area contributed by atoms with Crippen molar-refractivity contribution in [3.63, 3.8) is 0 Å². The van der Waals surface area contributed by atoms with Gasteiger partial charge in [-0.2, -0.15) is 0 Å². The Hall–Kier alpha value is -1.16. The molecule has 122 valence electrons. The van der Waals surface area contributed by atoms with Crippen molar-refractivity contribution in [2.45, 2.75) is 25.6 Å². The van der Waals surface area contributed by atoms with E-state index in [-0.39, 0.29) is 11.9 Å². The SMILES string of the molecule is Cc1ccc(C(C)NC(=O)CSCc2ccc(Cl)cc2Cl)cc1. The fourth-order valence-electron chi connectivity index (χ4n) is 2.11. The van der Waals surface area contributed by atoms with Crippen LogP contribution in [-0.4, -0.2) is 11.7 Å². The van der Waals surface area contributed by atoms with Gasteiger partial charge in [-0.15, -0.1) is 11.8 Å². The normalized spacial score (nSPS) is 12.0. The van der Waals surface area contributed by atoms with E-state index in [4.69, 9.17) is 23.2 Å². The average molecular weight is 368 g/mol. The van der Waals surface area contributed by atoms with Crippen LogP contribution in [0.1, 0.15) is 29.7 Å². The number of amides is 1. The summed E-state index contributed by atoms with van der Waals surface area (Å²) in [7, 11) is 0. The van der Waals surface area contributed by atoms with E-state index in [1.54, 1.807) is 6.07 Å². The van der Waals surface area contributed by atoms with Gasteiger partial charge in [0.2, 0.25) is 5.91 Å². The number of hydrogen-bond acceptors (Lipinski definition) is 2. The Morgan fingerprint density at radius 1 is 1.17 bits per heavy atom. The second kappa shape index (κ2) is 8.62. The molecule has 0 radical (unpaired) electrons. The standard InChI is InChI=1S/C18H19Cl2NOS/c1-12-3-5-14(6-4-12)13(2)21-18(22)11-23-10-15-7-8-16(19)9-17(15)20/h3-9,13H,10-11H2,1-2H3,(H,21,22). The predicted octanol–water partition coefficient (Wildman–Crippen LogP) is 5.41. The van der Waals surface area contributed by atoms with Gasteiger partial charge in [0, 0.05) is 15.8 Å². The number of thioether (sulfide) groups is 1. The number of hydrogen-bond donors (Lipinski definition) is 1.